The molecular formula is C12H18N2O2S. The highest BCUT2D eigenvalue weighted by Crippen LogP contribution is 2.36. The van der Waals surface area contributed by atoms with Gasteiger partial charge in [0, 0.05) is 11.3 Å². The Hall–Kier alpha value is -0.940. The average Bonchev–Trinajstić information content (AvgIpc) is 2.95. The molecule has 0 saturated carbocycles. The fourth-order valence-electron chi connectivity index (χ4n) is 1.95. The molecule has 1 saturated heterocycles. The first kappa shape index (κ1) is 12.5. The van der Waals surface area contributed by atoms with Crippen LogP contribution in [-0.4, -0.2) is 23.0 Å². The Bertz CT molecular complexity index is 397. The summed E-state index contributed by atoms with van der Waals surface area (Å²) in [5.41, 5.74) is 5.98. The lowest BCUT2D eigenvalue weighted by Gasteiger charge is -2.22. The van der Waals surface area contributed by atoms with Crippen LogP contribution in [0, 0.1) is 0 Å². The zero-order chi connectivity index (χ0) is 12.3. The summed E-state index contributed by atoms with van der Waals surface area (Å²) in [5, 5.41) is 2.96. The van der Waals surface area contributed by atoms with Crippen LogP contribution in [0.2, 0.25) is 0 Å². The molecule has 1 aliphatic heterocycles. The summed E-state index contributed by atoms with van der Waals surface area (Å²) in [6.07, 6.45) is 3.86. The van der Waals surface area contributed by atoms with Crippen molar-refractivity contribution in [3.8, 4) is 0 Å². The van der Waals surface area contributed by atoms with Crippen LogP contribution in [-0.2, 0) is 6.54 Å². The van der Waals surface area contributed by atoms with E-state index in [0.29, 0.717) is 24.4 Å². The highest BCUT2D eigenvalue weighted by Gasteiger charge is 2.29. The van der Waals surface area contributed by atoms with Crippen molar-refractivity contribution in [1.29, 1.82) is 0 Å². The van der Waals surface area contributed by atoms with Gasteiger partial charge in [-0.3, -0.25) is 4.79 Å². The summed E-state index contributed by atoms with van der Waals surface area (Å²) >= 11 is 1.93. The van der Waals surface area contributed by atoms with Crippen molar-refractivity contribution in [2.24, 2.45) is 5.73 Å². The van der Waals surface area contributed by atoms with E-state index in [4.69, 9.17) is 10.2 Å². The highest BCUT2D eigenvalue weighted by molar-refractivity contribution is 8.00. The number of nitrogens with two attached hydrogens (primary N) is 1. The number of rotatable bonds is 4. The van der Waals surface area contributed by atoms with Gasteiger partial charge in [0.15, 0.2) is 0 Å². The molecule has 0 radical (unpaired) electrons. The first-order valence-electron chi connectivity index (χ1n) is 5.83. The van der Waals surface area contributed by atoms with Gasteiger partial charge >= 0.3 is 0 Å². The van der Waals surface area contributed by atoms with Crippen molar-refractivity contribution in [2.45, 2.75) is 31.1 Å². The fraction of sp³-hybridized carbons (Fsp3) is 0.583. The second-order valence-corrected chi connectivity index (χ2v) is 6.27. The molecule has 17 heavy (non-hydrogen) atoms. The molecule has 1 atom stereocenters. The molecule has 1 amide bonds. The third kappa shape index (κ3) is 3.04. The average molecular weight is 254 g/mol. The number of hydrogen-bond acceptors (Lipinski definition) is 4. The summed E-state index contributed by atoms with van der Waals surface area (Å²) in [6, 6.07) is 1.69. The minimum Gasteiger partial charge on any atom is -0.467 e. The van der Waals surface area contributed by atoms with Crippen molar-refractivity contribution in [2.75, 3.05) is 12.3 Å². The SMILES string of the molecule is CC1(CNC(=O)c2coc(CN)c2)CCCS1. The summed E-state index contributed by atoms with van der Waals surface area (Å²) in [5.74, 6) is 1.74. The van der Waals surface area contributed by atoms with E-state index in [1.165, 1.54) is 18.4 Å². The second-order valence-electron chi connectivity index (χ2n) is 4.59. The molecular weight excluding hydrogens is 236 g/mol. The number of carbonyl (C=O) groups excluding carboxylic acids is 1. The fourth-order valence-corrected chi connectivity index (χ4v) is 3.20. The smallest absolute Gasteiger partial charge is 0.254 e. The summed E-state index contributed by atoms with van der Waals surface area (Å²) < 4.78 is 5.33. The Kier molecular flexibility index (Phi) is 3.79. The number of amides is 1. The van der Waals surface area contributed by atoms with Crippen LogP contribution in [0.5, 0.6) is 0 Å². The second kappa shape index (κ2) is 5.14. The molecule has 1 aromatic rings. The van der Waals surface area contributed by atoms with Crippen LogP contribution in [0.15, 0.2) is 16.7 Å². The Morgan fingerprint density at radius 1 is 1.71 bits per heavy atom. The van der Waals surface area contributed by atoms with Gasteiger partial charge < -0.3 is 15.5 Å². The summed E-state index contributed by atoms with van der Waals surface area (Å²) in [7, 11) is 0. The minimum atomic E-state index is -0.0813. The number of carbonyl (C=O) groups is 1. The van der Waals surface area contributed by atoms with Gasteiger partial charge in [-0.25, -0.2) is 0 Å². The van der Waals surface area contributed by atoms with Crippen LogP contribution in [0.4, 0.5) is 0 Å². The van der Waals surface area contributed by atoms with E-state index in [-0.39, 0.29) is 10.7 Å². The van der Waals surface area contributed by atoms with Gasteiger partial charge in [-0.15, -0.1) is 0 Å². The predicted molar refractivity (Wildman–Crippen MR) is 69.0 cm³/mol. The molecule has 1 unspecified atom stereocenters. The van der Waals surface area contributed by atoms with Gasteiger partial charge in [-0.1, -0.05) is 0 Å². The maximum Gasteiger partial charge on any atom is 0.254 e. The molecule has 2 heterocycles. The summed E-state index contributed by atoms with van der Waals surface area (Å²) in [6.45, 7) is 3.23. The van der Waals surface area contributed by atoms with Gasteiger partial charge in [0.05, 0.1) is 12.1 Å². The maximum absolute atomic E-state index is 11.9. The van der Waals surface area contributed by atoms with Crippen LogP contribution in [0.3, 0.4) is 0 Å². The largest absolute Gasteiger partial charge is 0.467 e. The summed E-state index contributed by atoms with van der Waals surface area (Å²) in [4.78, 5) is 11.9. The van der Waals surface area contributed by atoms with Crippen molar-refractivity contribution in [3.63, 3.8) is 0 Å². The lowest BCUT2D eigenvalue weighted by molar-refractivity contribution is 0.0949. The predicted octanol–water partition coefficient (Wildman–Crippen LogP) is 1.75. The monoisotopic (exact) mass is 254 g/mol. The Morgan fingerprint density at radius 3 is 3.12 bits per heavy atom. The van der Waals surface area contributed by atoms with Gasteiger partial charge in [-0.05, 0) is 31.6 Å². The van der Waals surface area contributed by atoms with E-state index in [2.05, 4.69) is 12.2 Å². The van der Waals surface area contributed by atoms with E-state index in [1.807, 2.05) is 11.8 Å². The van der Waals surface area contributed by atoms with Gasteiger partial charge in [0.2, 0.25) is 0 Å². The lowest BCUT2D eigenvalue weighted by Crippen LogP contribution is -2.36. The highest BCUT2D eigenvalue weighted by atomic mass is 32.2. The van der Waals surface area contributed by atoms with E-state index in [0.717, 1.165) is 6.42 Å². The van der Waals surface area contributed by atoms with Crippen molar-refractivity contribution in [1.82, 2.24) is 5.32 Å². The number of thioether (sulfide) groups is 1. The first-order chi connectivity index (χ1) is 8.13. The lowest BCUT2D eigenvalue weighted by atomic mass is 10.1. The molecule has 0 bridgehead atoms. The maximum atomic E-state index is 11.9. The number of nitrogens with one attached hydrogen (secondary N) is 1. The topological polar surface area (TPSA) is 68.3 Å². The molecule has 3 N–H and O–H groups in total. The normalized spacial score (nSPS) is 23.9. The van der Waals surface area contributed by atoms with E-state index in [9.17, 15) is 4.79 Å². The third-order valence-corrected chi connectivity index (χ3v) is 4.58. The van der Waals surface area contributed by atoms with Crippen molar-refractivity contribution < 1.29 is 9.21 Å². The van der Waals surface area contributed by atoms with E-state index < -0.39 is 0 Å². The molecule has 0 spiro atoms. The van der Waals surface area contributed by atoms with E-state index in [1.54, 1.807) is 6.07 Å². The molecule has 4 nitrogen and oxygen atoms in total. The Labute approximate surface area is 105 Å². The zero-order valence-corrected chi connectivity index (χ0v) is 10.8. The number of hydrogen-bond donors (Lipinski definition) is 2. The van der Waals surface area contributed by atoms with Crippen LogP contribution < -0.4 is 11.1 Å². The van der Waals surface area contributed by atoms with Crippen LogP contribution in [0.25, 0.3) is 0 Å². The first-order valence-corrected chi connectivity index (χ1v) is 6.81. The van der Waals surface area contributed by atoms with Gasteiger partial charge in [0.25, 0.3) is 5.91 Å². The van der Waals surface area contributed by atoms with Crippen molar-refractivity contribution in [3.05, 3.63) is 23.7 Å². The van der Waals surface area contributed by atoms with Crippen molar-refractivity contribution >= 4 is 17.7 Å². The molecule has 1 aliphatic rings. The molecule has 0 aromatic carbocycles. The minimum absolute atomic E-state index is 0.0813. The third-order valence-electron chi connectivity index (χ3n) is 3.04. The molecule has 2 rings (SSSR count). The Morgan fingerprint density at radius 2 is 2.53 bits per heavy atom. The van der Waals surface area contributed by atoms with E-state index >= 15 is 0 Å². The van der Waals surface area contributed by atoms with Gasteiger partial charge in [-0.2, -0.15) is 11.8 Å². The molecule has 0 aliphatic carbocycles. The molecule has 1 aromatic heterocycles. The quantitative estimate of drug-likeness (QED) is 0.859. The number of furan rings is 1. The standard InChI is InChI=1S/C12H18N2O2S/c1-12(3-2-4-17-12)8-14-11(15)9-5-10(6-13)16-7-9/h5,7H,2-4,6,8,13H2,1H3,(H,14,15). The molecule has 5 heteroatoms. The van der Waals surface area contributed by atoms with Crippen LogP contribution >= 0.6 is 11.8 Å². The molecule has 1 fully saturated rings. The van der Waals surface area contributed by atoms with Gasteiger partial charge in [0.1, 0.15) is 12.0 Å². The van der Waals surface area contributed by atoms with Crippen LogP contribution in [0.1, 0.15) is 35.9 Å². The molecule has 94 valence electrons. The zero-order valence-electron chi connectivity index (χ0n) is 9.99. The Balaban J connectivity index is 1.88.